The summed E-state index contributed by atoms with van der Waals surface area (Å²) in [5, 5.41) is 0. The summed E-state index contributed by atoms with van der Waals surface area (Å²) in [7, 11) is 0. The summed E-state index contributed by atoms with van der Waals surface area (Å²) in [6.45, 7) is 0. The van der Waals surface area contributed by atoms with Gasteiger partial charge in [0, 0.05) is 24.2 Å². The van der Waals surface area contributed by atoms with Crippen LogP contribution in [0.1, 0.15) is 5.69 Å². The highest BCUT2D eigenvalue weighted by molar-refractivity contribution is 14.1. The van der Waals surface area contributed by atoms with Crippen molar-refractivity contribution in [3.05, 3.63) is 40.0 Å². The zero-order valence-electron chi connectivity index (χ0n) is 7.56. The highest BCUT2D eigenvalue weighted by atomic mass is 127. The molecule has 1 aliphatic heterocycles. The van der Waals surface area contributed by atoms with Gasteiger partial charge < -0.3 is 0 Å². The molecule has 1 aromatic rings. The first-order chi connectivity index (χ1) is 7.29. The van der Waals surface area contributed by atoms with Crippen LogP contribution in [0.4, 0.5) is 0 Å². The lowest BCUT2D eigenvalue weighted by atomic mass is 10.2. The highest BCUT2D eigenvalue weighted by Crippen LogP contribution is 2.21. The summed E-state index contributed by atoms with van der Waals surface area (Å²) < 4.78 is 2.90. The van der Waals surface area contributed by atoms with Gasteiger partial charge in [-0.05, 0) is 28.7 Å². The van der Waals surface area contributed by atoms with Gasteiger partial charge in [0.25, 0.3) is 0 Å². The van der Waals surface area contributed by atoms with Gasteiger partial charge in [0.15, 0.2) is 6.20 Å². The molecule has 0 aromatic carbocycles. The molecule has 15 heavy (non-hydrogen) atoms. The Morgan fingerprint density at radius 2 is 2.20 bits per heavy atom. The van der Waals surface area contributed by atoms with Gasteiger partial charge in [-0.1, -0.05) is 0 Å². The van der Waals surface area contributed by atoms with E-state index in [1.54, 1.807) is 12.4 Å². The van der Waals surface area contributed by atoms with Gasteiger partial charge in [0.05, 0.1) is 11.8 Å². The normalized spacial score (nSPS) is 14.5. The molecule has 0 unspecified atom stereocenters. The minimum Gasteiger partial charge on any atom is -0.254 e. The number of hydrogen-bond donors (Lipinski definition) is 0. The Morgan fingerprint density at radius 1 is 1.33 bits per heavy atom. The molecule has 0 amide bonds. The van der Waals surface area contributed by atoms with E-state index in [1.807, 2.05) is 27.2 Å². The summed E-state index contributed by atoms with van der Waals surface area (Å²) in [5.41, 5.74) is 2.08. The standard InChI is InChI=1S/C10H6I2N3/c11-10-8(7-13-4-5-14-10)9-3-1-2-6-15(9)12/h1-4,6-7H/q+1. The predicted molar refractivity (Wildman–Crippen MR) is 77.5 cm³/mol. The van der Waals surface area contributed by atoms with Crippen molar-refractivity contribution < 1.29 is 2.78 Å². The predicted octanol–water partition coefficient (Wildman–Crippen LogP) is 2.54. The van der Waals surface area contributed by atoms with E-state index in [0.717, 1.165) is 15.0 Å². The number of aliphatic imine (C=N–C) groups is 2. The van der Waals surface area contributed by atoms with Gasteiger partial charge in [0.2, 0.25) is 5.69 Å². The van der Waals surface area contributed by atoms with E-state index < -0.39 is 0 Å². The topological polar surface area (TPSA) is 28.6 Å². The van der Waals surface area contributed by atoms with Crippen LogP contribution in [0.15, 0.2) is 44.3 Å². The Balaban J connectivity index is 2.57. The van der Waals surface area contributed by atoms with E-state index in [0.29, 0.717) is 0 Å². The van der Waals surface area contributed by atoms with E-state index >= 15 is 0 Å². The van der Waals surface area contributed by atoms with Crippen LogP contribution in [0.3, 0.4) is 0 Å². The number of halogens is 2. The van der Waals surface area contributed by atoms with E-state index in [1.165, 1.54) is 0 Å². The monoisotopic (exact) mass is 422 g/mol. The van der Waals surface area contributed by atoms with E-state index in [9.17, 15) is 0 Å². The fraction of sp³-hybridized carbons (Fsp3) is 0. The maximum absolute atomic E-state index is 4.14. The summed E-state index contributed by atoms with van der Waals surface area (Å²) >= 11 is 4.42. The molecule has 2 rings (SSSR count). The molecule has 0 saturated heterocycles. The maximum Gasteiger partial charge on any atom is 0.354 e. The SMILES string of the molecule is IC1=C(c2cccc[n+]2I)C=NC=C=N1. The number of hydrogen-bond acceptors (Lipinski definition) is 2. The molecule has 5 heteroatoms. The number of pyridine rings is 1. The van der Waals surface area contributed by atoms with Gasteiger partial charge in [-0.25, -0.2) is 0 Å². The van der Waals surface area contributed by atoms with Crippen LogP contribution in [-0.4, -0.2) is 12.1 Å². The van der Waals surface area contributed by atoms with Crippen LogP contribution < -0.4 is 2.78 Å². The Labute approximate surface area is 115 Å². The zero-order chi connectivity index (χ0) is 10.7. The van der Waals surface area contributed by atoms with Gasteiger partial charge in [-0.15, -0.1) is 2.78 Å². The first-order valence-corrected chi connectivity index (χ1v) is 6.21. The van der Waals surface area contributed by atoms with Crippen LogP contribution in [0.2, 0.25) is 0 Å². The second-order valence-corrected chi connectivity index (χ2v) is 4.81. The largest absolute Gasteiger partial charge is 0.354 e. The smallest absolute Gasteiger partial charge is 0.254 e. The minimum absolute atomic E-state index is 0.890. The quantitative estimate of drug-likeness (QED) is 0.492. The fourth-order valence-electron chi connectivity index (χ4n) is 1.14. The molecule has 0 aliphatic carbocycles. The van der Waals surface area contributed by atoms with E-state index in [-0.39, 0.29) is 0 Å². The average molecular weight is 422 g/mol. The molecule has 1 aliphatic rings. The molecule has 2 heterocycles. The van der Waals surface area contributed by atoms with Crippen molar-refractivity contribution in [2.75, 3.05) is 0 Å². The molecule has 0 atom stereocenters. The van der Waals surface area contributed by atoms with Crippen LogP contribution in [0.25, 0.3) is 5.57 Å². The number of nitrogens with zero attached hydrogens (tertiary/aromatic N) is 3. The molecule has 0 fully saturated rings. The first kappa shape index (κ1) is 11.0. The van der Waals surface area contributed by atoms with Gasteiger partial charge >= 0.3 is 22.9 Å². The van der Waals surface area contributed by atoms with Gasteiger partial charge in [0.1, 0.15) is 3.70 Å². The number of aromatic nitrogens is 1. The van der Waals surface area contributed by atoms with Crippen molar-refractivity contribution in [1.29, 1.82) is 0 Å². The van der Waals surface area contributed by atoms with Crippen molar-refractivity contribution >= 4 is 63.1 Å². The van der Waals surface area contributed by atoms with E-state index in [4.69, 9.17) is 0 Å². The number of allylic oxidation sites excluding steroid dienone is 1. The second kappa shape index (κ2) is 5.00. The van der Waals surface area contributed by atoms with Crippen LogP contribution in [0.5, 0.6) is 0 Å². The summed E-state index contributed by atoms with van der Waals surface area (Å²) in [6.07, 6.45) is 5.35. The molecule has 0 spiro atoms. The van der Waals surface area contributed by atoms with Crippen molar-refractivity contribution in [3.8, 4) is 0 Å². The van der Waals surface area contributed by atoms with Gasteiger partial charge in [-0.2, -0.15) is 4.99 Å². The first-order valence-electron chi connectivity index (χ1n) is 4.17. The van der Waals surface area contributed by atoms with Crippen LogP contribution in [0, 0.1) is 0 Å². The van der Waals surface area contributed by atoms with E-state index in [2.05, 4.69) is 61.3 Å². The third-order valence-corrected chi connectivity index (χ3v) is 3.47. The van der Waals surface area contributed by atoms with Crippen LogP contribution >= 0.6 is 45.5 Å². The second-order valence-electron chi connectivity index (χ2n) is 2.75. The Bertz CT molecular complexity index is 511. The molecule has 0 saturated carbocycles. The highest BCUT2D eigenvalue weighted by Gasteiger charge is 2.15. The fourth-order valence-corrected chi connectivity index (χ4v) is 2.31. The van der Waals surface area contributed by atoms with Crippen molar-refractivity contribution in [2.45, 2.75) is 0 Å². The van der Waals surface area contributed by atoms with Crippen molar-refractivity contribution in [3.63, 3.8) is 0 Å². The molecular formula is C10H6I2N3+. The molecular weight excluding hydrogens is 416 g/mol. The number of rotatable bonds is 1. The summed E-state index contributed by atoms with van der Waals surface area (Å²) in [4.78, 5) is 8.23. The molecule has 1 aromatic heterocycles. The Hall–Kier alpha value is -0.530. The molecule has 3 nitrogen and oxygen atoms in total. The van der Waals surface area contributed by atoms with Crippen molar-refractivity contribution in [1.82, 2.24) is 0 Å². The average Bonchev–Trinajstić information content (AvgIpc) is 2.44. The Kier molecular flexibility index (Phi) is 3.66. The molecule has 0 bridgehead atoms. The summed E-state index contributed by atoms with van der Waals surface area (Å²) in [5.74, 6) is 2.74. The zero-order valence-corrected chi connectivity index (χ0v) is 11.9. The Morgan fingerprint density at radius 3 is 3.00 bits per heavy atom. The molecule has 0 radical (unpaired) electrons. The molecule has 74 valence electrons. The molecule has 0 N–H and O–H groups in total. The minimum atomic E-state index is 0.890. The maximum atomic E-state index is 4.14. The lowest BCUT2D eigenvalue weighted by molar-refractivity contribution is -0.443. The summed E-state index contributed by atoms with van der Waals surface area (Å²) in [6, 6.07) is 6.02. The lowest BCUT2D eigenvalue weighted by Crippen LogP contribution is -2.24. The van der Waals surface area contributed by atoms with Crippen molar-refractivity contribution in [2.24, 2.45) is 9.98 Å². The van der Waals surface area contributed by atoms with Crippen LogP contribution in [-0.2, 0) is 0 Å². The third kappa shape index (κ3) is 2.53. The third-order valence-electron chi connectivity index (χ3n) is 1.81. The van der Waals surface area contributed by atoms with Gasteiger partial charge in [-0.3, -0.25) is 4.99 Å². The lowest BCUT2D eigenvalue weighted by Gasteiger charge is -1.98.